The monoisotopic (exact) mass is 241 g/mol. The van der Waals surface area contributed by atoms with Crippen molar-refractivity contribution in [2.45, 2.75) is 70.3 Å². The molecule has 0 aromatic carbocycles. The maximum absolute atomic E-state index is 11.8. The molecule has 0 saturated heterocycles. The fraction of sp³-hybridized carbons (Fsp3) is 0.929. The Balaban J connectivity index is 2.27. The third-order valence-corrected chi connectivity index (χ3v) is 3.83. The summed E-state index contributed by atoms with van der Waals surface area (Å²) >= 11 is 0. The minimum absolute atomic E-state index is 0.0140. The maximum Gasteiger partial charge on any atom is 0.307 e. The molecule has 3 nitrogen and oxygen atoms in total. The van der Waals surface area contributed by atoms with Gasteiger partial charge >= 0.3 is 5.97 Å². The predicted octanol–water partition coefficient (Wildman–Crippen LogP) is 3.03. The molecule has 0 amide bonds. The van der Waals surface area contributed by atoms with Crippen molar-refractivity contribution in [1.82, 2.24) is 5.32 Å². The van der Waals surface area contributed by atoms with E-state index in [1.165, 1.54) is 19.3 Å². The van der Waals surface area contributed by atoms with E-state index in [9.17, 15) is 4.79 Å². The first-order valence-electron chi connectivity index (χ1n) is 7.07. The average Bonchev–Trinajstić information content (AvgIpc) is 2.36. The number of carbonyl (C=O) groups is 1. The first-order valence-corrected chi connectivity index (χ1v) is 7.07. The van der Waals surface area contributed by atoms with Crippen molar-refractivity contribution in [1.29, 1.82) is 0 Å². The van der Waals surface area contributed by atoms with Crippen LogP contribution < -0.4 is 5.32 Å². The molecule has 0 spiro atoms. The van der Waals surface area contributed by atoms with Crippen LogP contribution in [0.25, 0.3) is 0 Å². The summed E-state index contributed by atoms with van der Waals surface area (Å²) in [5.41, 5.74) is 0.0140. The van der Waals surface area contributed by atoms with E-state index in [4.69, 9.17) is 4.74 Å². The molecule has 0 aromatic heterocycles. The molecule has 1 saturated carbocycles. The zero-order chi connectivity index (χ0) is 12.6. The van der Waals surface area contributed by atoms with Crippen LogP contribution in [0.4, 0.5) is 0 Å². The first kappa shape index (κ1) is 14.5. The largest absolute Gasteiger partial charge is 0.466 e. The SMILES string of the molecule is CCCCCOC(=O)CC1(NC)CCCCC1. The van der Waals surface area contributed by atoms with Gasteiger partial charge in [0.1, 0.15) is 0 Å². The van der Waals surface area contributed by atoms with E-state index in [1.54, 1.807) is 0 Å². The Morgan fingerprint density at radius 3 is 2.53 bits per heavy atom. The second kappa shape index (κ2) is 7.70. The Morgan fingerprint density at radius 2 is 1.94 bits per heavy atom. The van der Waals surface area contributed by atoms with Gasteiger partial charge in [0.2, 0.25) is 0 Å². The van der Waals surface area contributed by atoms with Crippen LogP contribution in [0.2, 0.25) is 0 Å². The first-order chi connectivity index (χ1) is 8.22. The lowest BCUT2D eigenvalue weighted by atomic mass is 9.79. The van der Waals surface area contributed by atoms with Gasteiger partial charge in [-0.15, -0.1) is 0 Å². The number of nitrogens with one attached hydrogen (secondary N) is 1. The van der Waals surface area contributed by atoms with E-state index < -0.39 is 0 Å². The summed E-state index contributed by atoms with van der Waals surface area (Å²) in [4.78, 5) is 11.8. The second-order valence-corrected chi connectivity index (χ2v) is 5.20. The summed E-state index contributed by atoms with van der Waals surface area (Å²) in [5, 5.41) is 3.35. The molecule has 100 valence electrons. The minimum Gasteiger partial charge on any atom is -0.466 e. The van der Waals surface area contributed by atoms with Gasteiger partial charge in [-0.05, 0) is 26.3 Å². The van der Waals surface area contributed by atoms with Crippen LogP contribution in [0, 0.1) is 0 Å². The van der Waals surface area contributed by atoms with Crippen molar-refractivity contribution in [3.05, 3.63) is 0 Å². The fourth-order valence-corrected chi connectivity index (χ4v) is 2.61. The molecule has 0 atom stereocenters. The smallest absolute Gasteiger partial charge is 0.307 e. The second-order valence-electron chi connectivity index (χ2n) is 5.20. The highest BCUT2D eigenvalue weighted by Gasteiger charge is 2.33. The molecule has 1 aliphatic carbocycles. The third kappa shape index (κ3) is 5.07. The van der Waals surface area contributed by atoms with Crippen molar-refractivity contribution >= 4 is 5.97 Å². The van der Waals surface area contributed by atoms with Crippen LogP contribution in [0.1, 0.15) is 64.7 Å². The highest BCUT2D eigenvalue weighted by Crippen LogP contribution is 2.30. The Kier molecular flexibility index (Phi) is 6.56. The fourth-order valence-electron chi connectivity index (χ4n) is 2.61. The molecule has 0 bridgehead atoms. The van der Waals surface area contributed by atoms with Gasteiger partial charge in [-0.1, -0.05) is 39.0 Å². The predicted molar refractivity (Wildman–Crippen MR) is 70.0 cm³/mol. The normalized spacial score (nSPS) is 18.9. The molecular weight excluding hydrogens is 214 g/mol. The van der Waals surface area contributed by atoms with Crippen molar-refractivity contribution in [2.24, 2.45) is 0 Å². The van der Waals surface area contributed by atoms with Crippen LogP contribution in [-0.4, -0.2) is 25.2 Å². The minimum atomic E-state index is -0.0302. The third-order valence-electron chi connectivity index (χ3n) is 3.83. The van der Waals surface area contributed by atoms with Gasteiger partial charge in [-0.2, -0.15) is 0 Å². The van der Waals surface area contributed by atoms with E-state index in [0.717, 1.165) is 32.1 Å². The highest BCUT2D eigenvalue weighted by molar-refractivity contribution is 5.71. The zero-order valence-corrected chi connectivity index (χ0v) is 11.4. The van der Waals surface area contributed by atoms with Crippen molar-refractivity contribution in [3.63, 3.8) is 0 Å². The Hall–Kier alpha value is -0.570. The van der Waals surface area contributed by atoms with Crippen LogP contribution in [0.5, 0.6) is 0 Å². The molecule has 0 aliphatic heterocycles. The molecule has 0 aromatic rings. The molecule has 1 N–H and O–H groups in total. The van der Waals surface area contributed by atoms with E-state index in [1.807, 2.05) is 7.05 Å². The molecule has 0 heterocycles. The number of hydrogen-bond acceptors (Lipinski definition) is 3. The summed E-state index contributed by atoms with van der Waals surface area (Å²) in [6, 6.07) is 0. The lowest BCUT2D eigenvalue weighted by Crippen LogP contribution is -2.46. The van der Waals surface area contributed by atoms with Crippen molar-refractivity contribution < 1.29 is 9.53 Å². The summed E-state index contributed by atoms with van der Waals surface area (Å²) < 4.78 is 5.29. The summed E-state index contributed by atoms with van der Waals surface area (Å²) in [6.45, 7) is 2.74. The number of ether oxygens (including phenoxy) is 1. The van der Waals surface area contributed by atoms with Gasteiger partial charge in [0.15, 0.2) is 0 Å². The molecule has 1 rings (SSSR count). The number of rotatable bonds is 7. The topological polar surface area (TPSA) is 38.3 Å². The lowest BCUT2D eigenvalue weighted by Gasteiger charge is -2.36. The van der Waals surface area contributed by atoms with Crippen molar-refractivity contribution in [3.8, 4) is 0 Å². The number of esters is 1. The molecular formula is C14H27NO2. The number of unbranched alkanes of at least 4 members (excludes halogenated alkanes) is 2. The van der Waals surface area contributed by atoms with Gasteiger partial charge in [0, 0.05) is 5.54 Å². The summed E-state index contributed by atoms with van der Waals surface area (Å²) in [5.74, 6) is -0.0302. The van der Waals surface area contributed by atoms with E-state index >= 15 is 0 Å². The van der Waals surface area contributed by atoms with Crippen molar-refractivity contribution in [2.75, 3.05) is 13.7 Å². The number of carbonyl (C=O) groups excluding carboxylic acids is 1. The van der Waals surface area contributed by atoms with Crippen LogP contribution >= 0.6 is 0 Å². The quantitative estimate of drug-likeness (QED) is 0.550. The van der Waals surface area contributed by atoms with Gasteiger partial charge in [-0.25, -0.2) is 0 Å². The van der Waals surface area contributed by atoms with Crippen LogP contribution in [0.15, 0.2) is 0 Å². The zero-order valence-electron chi connectivity index (χ0n) is 11.4. The maximum atomic E-state index is 11.8. The lowest BCUT2D eigenvalue weighted by molar-refractivity contribution is -0.145. The molecule has 3 heteroatoms. The Bertz CT molecular complexity index is 222. The molecule has 0 unspecified atom stereocenters. The van der Waals surface area contributed by atoms with Gasteiger partial charge < -0.3 is 10.1 Å². The van der Waals surface area contributed by atoms with Gasteiger partial charge in [0.25, 0.3) is 0 Å². The van der Waals surface area contributed by atoms with Gasteiger partial charge in [-0.3, -0.25) is 4.79 Å². The number of hydrogen-bond donors (Lipinski definition) is 1. The molecule has 1 aliphatic rings. The van der Waals surface area contributed by atoms with Crippen LogP contribution in [0.3, 0.4) is 0 Å². The average molecular weight is 241 g/mol. The molecule has 17 heavy (non-hydrogen) atoms. The summed E-state index contributed by atoms with van der Waals surface area (Å²) in [7, 11) is 1.97. The van der Waals surface area contributed by atoms with E-state index in [0.29, 0.717) is 13.0 Å². The van der Waals surface area contributed by atoms with Gasteiger partial charge in [0.05, 0.1) is 13.0 Å². The Labute approximate surface area is 105 Å². The highest BCUT2D eigenvalue weighted by atomic mass is 16.5. The molecule has 0 radical (unpaired) electrons. The van der Waals surface area contributed by atoms with E-state index in [-0.39, 0.29) is 11.5 Å². The van der Waals surface area contributed by atoms with E-state index in [2.05, 4.69) is 12.2 Å². The van der Waals surface area contributed by atoms with Crippen LogP contribution in [-0.2, 0) is 9.53 Å². The molecule has 1 fully saturated rings. The Morgan fingerprint density at radius 1 is 1.24 bits per heavy atom. The standard InChI is InChI=1S/C14H27NO2/c1-3-4-8-11-17-13(16)12-14(15-2)9-6-5-7-10-14/h15H,3-12H2,1-2H3. The summed E-state index contributed by atoms with van der Waals surface area (Å²) in [6.07, 6.45) is 9.80.